The van der Waals surface area contributed by atoms with Gasteiger partial charge in [-0.2, -0.15) is 0 Å². The van der Waals surface area contributed by atoms with E-state index < -0.39 is 0 Å². The summed E-state index contributed by atoms with van der Waals surface area (Å²) < 4.78 is 5.36. The van der Waals surface area contributed by atoms with E-state index in [0.717, 1.165) is 57.5 Å². The van der Waals surface area contributed by atoms with E-state index >= 15 is 0 Å². The Morgan fingerprint density at radius 2 is 1.54 bits per heavy atom. The monoisotopic (exact) mass is 497 g/mol. The zero-order valence-electron chi connectivity index (χ0n) is 22.1. The van der Waals surface area contributed by atoms with E-state index in [2.05, 4.69) is 63.2 Å². The van der Waals surface area contributed by atoms with Gasteiger partial charge in [0.05, 0.1) is 13.7 Å². The predicted molar refractivity (Wildman–Crippen MR) is 150 cm³/mol. The summed E-state index contributed by atoms with van der Waals surface area (Å²) in [5.74, 6) is 1.19. The number of fused-ring (bicyclic) bond motifs is 2. The molecule has 5 heteroatoms. The van der Waals surface area contributed by atoms with Crippen LogP contribution in [0.1, 0.15) is 43.2 Å². The van der Waals surface area contributed by atoms with Gasteiger partial charge in [-0.3, -0.25) is 14.6 Å². The summed E-state index contributed by atoms with van der Waals surface area (Å²) in [5, 5.41) is 2.41. The molecule has 2 fully saturated rings. The predicted octanol–water partition coefficient (Wildman–Crippen LogP) is 5.35. The van der Waals surface area contributed by atoms with E-state index in [1.165, 1.54) is 65.1 Å². The van der Waals surface area contributed by atoms with Crippen molar-refractivity contribution in [1.82, 2.24) is 14.7 Å². The Hall–Kier alpha value is -2.89. The molecule has 2 aliphatic heterocycles. The normalized spacial score (nSPS) is 19.6. The van der Waals surface area contributed by atoms with E-state index in [9.17, 15) is 4.79 Å². The number of carbonyl (C=O) groups is 1. The molecular weight excluding hydrogens is 458 g/mol. The number of benzene rings is 3. The molecule has 0 N–H and O–H groups in total. The summed E-state index contributed by atoms with van der Waals surface area (Å²) in [7, 11) is 1.71. The van der Waals surface area contributed by atoms with Gasteiger partial charge in [-0.25, -0.2) is 0 Å². The fourth-order valence-corrected chi connectivity index (χ4v) is 6.53. The molecule has 37 heavy (non-hydrogen) atoms. The molecule has 6 rings (SSSR count). The van der Waals surface area contributed by atoms with Gasteiger partial charge in [0.1, 0.15) is 5.75 Å². The van der Waals surface area contributed by atoms with Crippen molar-refractivity contribution >= 4 is 16.7 Å². The maximum absolute atomic E-state index is 13.1. The largest absolute Gasteiger partial charge is 0.497 e. The van der Waals surface area contributed by atoms with Crippen LogP contribution in [-0.4, -0.2) is 73.0 Å². The van der Waals surface area contributed by atoms with Crippen molar-refractivity contribution in [3.63, 3.8) is 0 Å². The van der Waals surface area contributed by atoms with Gasteiger partial charge in [0.25, 0.3) is 0 Å². The molecule has 0 aromatic heterocycles. The third kappa shape index (κ3) is 5.39. The number of piperazine rings is 1. The number of hydrogen-bond donors (Lipinski definition) is 0. The van der Waals surface area contributed by atoms with Gasteiger partial charge in [-0.15, -0.1) is 0 Å². The molecule has 3 aromatic carbocycles. The second-order valence-electron chi connectivity index (χ2n) is 11.1. The van der Waals surface area contributed by atoms with E-state index in [1.807, 2.05) is 6.07 Å². The summed E-state index contributed by atoms with van der Waals surface area (Å²) in [6.07, 6.45) is 7.84. The number of amides is 1. The highest BCUT2D eigenvalue weighted by Crippen LogP contribution is 2.30. The van der Waals surface area contributed by atoms with Gasteiger partial charge < -0.3 is 9.64 Å². The molecule has 1 saturated carbocycles. The van der Waals surface area contributed by atoms with Crippen molar-refractivity contribution in [1.29, 1.82) is 0 Å². The lowest BCUT2D eigenvalue weighted by Crippen LogP contribution is -2.54. The molecule has 3 aliphatic rings. The molecule has 0 radical (unpaired) electrons. The molecule has 0 unspecified atom stereocenters. The van der Waals surface area contributed by atoms with E-state index in [4.69, 9.17) is 4.74 Å². The molecule has 1 amide bonds. The van der Waals surface area contributed by atoms with Gasteiger partial charge in [-0.1, -0.05) is 55.7 Å². The Morgan fingerprint density at radius 3 is 2.35 bits per heavy atom. The number of rotatable bonds is 5. The van der Waals surface area contributed by atoms with Crippen LogP contribution >= 0.6 is 0 Å². The van der Waals surface area contributed by atoms with Gasteiger partial charge in [0.2, 0.25) is 5.91 Å². The second-order valence-corrected chi connectivity index (χ2v) is 11.1. The maximum atomic E-state index is 13.1. The Morgan fingerprint density at radius 1 is 0.811 bits per heavy atom. The summed E-state index contributed by atoms with van der Waals surface area (Å²) in [4.78, 5) is 20.2. The molecule has 3 aromatic rings. The summed E-state index contributed by atoms with van der Waals surface area (Å²) in [5.41, 5.74) is 5.27. The first kappa shape index (κ1) is 24.4. The van der Waals surface area contributed by atoms with Gasteiger partial charge >= 0.3 is 0 Å². The van der Waals surface area contributed by atoms with Gasteiger partial charge in [0.15, 0.2) is 0 Å². The highest BCUT2D eigenvalue weighted by molar-refractivity contribution is 5.88. The summed E-state index contributed by atoms with van der Waals surface area (Å²) in [6.45, 7) is 6.22. The molecule has 1 saturated heterocycles. The minimum Gasteiger partial charge on any atom is -0.497 e. The van der Waals surface area contributed by atoms with Crippen LogP contribution < -0.4 is 4.74 Å². The van der Waals surface area contributed by atoms with Crippen LogP contribution in [0.4, 0.5) is 0 Å². The average Bonchev–Trinajstić information content (AvgIpc) is 2.97. The lowest BCUT2D eigenvalue weighted by atomic mass is 9.93. The number of hydrogen-bond acceptors (Lipinski definition) is 4. The van der Waals surface area contributed by atoms with Crippen LogP contribution in [-0.2, 0) is 17.8 Å². The van der Waals surface area contributed by atoms with Gasteiger partial charge in [0, 0.05) is 45.3 Å². The standard InChI is InChI=1S/C32H39N3O2/c1-37-31-12-11-26-19-24(7-8-27(26)21-31)25-9-10-29-22-33(14-13-28(29)20-25)23-32(36)35-17-15-34(16-18-35)30-5-3-2-4-6-30/h7-12,19-21,30H,2-6,13-18,22-23H2,1H3. The molecule has 0 bridgehead atoms. The third-order valence-corrected chi connectivity index (χ3v) is 8.80. The minimum absolute atomic E-state index is 0.302. The van der Waals surface area contributed by atoms with Crippen LogP contribution in [0.25, 0.3) is 21.9 Å². The molecule has 0 spiro atoms. The molecule has 0 atom stereocenters. The molecule has 5 nitrogen and oxygen atoms in total. The van der Waals surface area contributed by atoms with Crippen LogP contribution in [0.2, 0.25) is 0 Å². The first-order valence-electron chi connectivity index (χ1n) is 14.1. The van der Waals surface area contributed by atoms with Crippen molar-refractivity contribution in [3.05, 3.63) is 65.7 Å². The molecule has 194 valence electrons. The quantitative estimate of drug-likeness (QED) is 0.476. The van der Waals surface area contributed by atoms with Crippen LogP contribution in [0.15, 0.2) is 54.6 Å². The maximum Gasteiger partial charge on any atom is 0.236 e. The smallest absolute Gasteiger partial charge is 0.236 e. The zero-order valence-corrected chi connectivity index (χ0v) is 22.1. The fourth-order valence-electron chi connectivity index (χ4n) is 6.53. The topological polar surface area (TPSA) is 36.0 Å². The molecular formula is C32H39N3O2. The first-order valence-corrected chi connectivity index (χ1v) is 14.1. The Labute approximate surface area is 221 Å². The van der Waals surface area contributed by atoms with E-state index in [0.29, 0.717) is 12.5 Å². The third-order valence-electron chi connectivity index (χ3n) is 8.80. The summed E-state index contributed by atoms with van der Waals surface area (Å²) in [6, 6.07) is 20.5. The lowest BCUT2D eigenvalue weighted by molar-refractivity contribution is -0.134. The Kier molecular flexibility index (Phi) is 7.16. The highest BCUT2D eigenvalue weighted by atomic mass is 16.5. The second kappa shape index (κ2) is 10.8. The number of methoxy groups -OCH3 is 1. The SMILES string of the molecule is COc1ccc2cc(-c3ccc4c(c3)CCN(CC(=O)N3CCN(C5CCCCC5)CC3)C4)ccc2c1. The van der Waals surface area contributed by atoms with Crippen LogP contribution in [0.3, 0.4) is 0 Å². The Balaban J connectivity index is 1.06. The average molecular weight is 498 g/mol. The lowest BCUT2D eigenvalue weighted by Gasteiger charge is -2.41. The minimum atomic E-state index is 0.302. The van der Waals surface area contributed by atoms with Crippen LogP contribution in [0, 0.1) is 0 Å². The first-order chi connectivity index (χ1) is 18.2. The van der Waals surface area contributed by atoms with Gasteiger partial charge in [-0.05, 0) is 70.5 Å². The molecule has 1 aliphatic carbocycles. The van der Waals surface area contributed by atoms with Crippen molar-refractivity contribution in [3.8, 4) is 16.9 Å². The van der Waals surface area contributed by atoms with Crippen molar-refractivity contribution in [2.24, 2.45) is 0 Å². The van der Waals surface area contributed by atoms with Crippen molar-refractivity contribution in [2.45, 2.75) is 51.1 Å². The number of carbonyl (C=O) groups excluding carboxylic acids is 1. The van der Waals surface area contributed by atoms with Crippen LogP contribution in [0.5, 0.6) is 5.75 Å². The van der Waals surface area contributed by atoms with Crippen molar-refractivity contribution < 1.29 is 9.53 Å². The summed E-state index contributed by atoms with van der Waals surface area (Å²) >= 11 is 0. The number of ether oxygens (including phenoxy) is 1. The number of nitrogens with zero attached hydrogens (tertiary/aromatic N) is 3. The fraction of sp³-hybridized carbons (Fsp3) is 0.469. The molecule has 2 heterocycles. The zero-order chi connectivity index (χ0) is 25.2. The van der Waals surface area contributed by atoms with Crippen molar-refractivity contribution in [2.75, 3.05) is 46.4 Å². The van der Waals surface area contributed by atoms with E-state index in [1.54, 1.807) is 7.11 Å². The highest BCUT2D eigenvalue weighted by Gasteiger charge is 2.28. The Bertz CT molecular complexity index is 1260. The van der Waals surface area contributed by atoms with E-state index in [-0.39, 0.29) is 0 Å².